The first-order chi connectivity index (χ1) is 9.47. The molecule has 2 fully saturated rings. The van der Waals surface area contributed by atoms with Crippen molar-refractivity contribution in [2.45, 2.75) is 43.2 Å². The first kappa shape index (κ1) is 14.5. The highest BCUT2D eigenvalue weighted by Gasteiger charge is 2.42. The molecule has 1 aromatic carbocycles. The van der Waals surface area contributed by atoms with Crippen LogP contribution in [0.4, 0.5) is 0 Å². The molecule has 6 heteroatoms. The molecular weight excluding hydrogens is 342 g/mol. The van der Waals surface area contributed by atoms with E-state index in [0.29, 0.717) is 17.4 Å². The van der Waals surface area contributed by atoms with Gasteiger partial charge in [-0.05, 0) is 55.9 Å². The van der Waals surface area contributed by atoms with Crippen molar-refractivity contribution in [2.75, 3.05) is 6.61 Å². The molecule has 1 heterocycles. The Morgan fingerprint density at radius 3 is 2.70 bits per heavy atom. The van der Waals surface area contributed by atoms with Crippen molar-refractivity contribution < 1.29 is 13.2 Å². The van der Waals surface area contributed by atoms with Crippen LogP contribution in [-0.4, -0.2) is 27.2 Å². The van der Waals surface area contributed by atoms with E-state index in [4.69, 9.17) is 4.74 Å². The molecule has 1 N–H and O–H groups in total. The molecule has 2 atom stereocenters. The topological polar surface area (TPSA) is 55.4 Å². The number of ether oxygens (including phenoxy) is 1. The first-order valence-electron chi connectivity index (χ1n) is 6.87. The van der Waals surface area contributed by atoms with Crippen LogP contribution in [0.2, 0.25) is 0 Å². The highest BCUT2D eigenvalue weighted by molar-refractivity contribution is 9.10. The summed E-state index contributed by atoms with van der Waals surface area (Å²) in [6, 6.07) is 5.00. The molecule has 2 aliphatic rings. The summed E-state index contributed by atoms with van der Waals surface area (Å²) < 4.78 is 34.3. The van der Waals surface area contributed by atoms with Gasteiger partial charge in [0.05, 0.1) is 17.0 Å². The monoisotopic (exact) mass is 359 g/mol. The number of benzene rings is 1. The Labute approximate surface area is 128 Å². The maximum absolute atomic E-state index is 12.5. The summed E-state index contributed by atoms with van der Waals surface area (Å²) in [5, 5.41) is 0. The number of hydrogen-bond donors (Lipinski definition) is 1. The Bertz CT molecular complexity index is 613. The molecule has 1 aromatic rings. The van der Waals surface area contributed by atoms with Gasteiger partial charge in [-0.25, -0.2) is 13.1 Å². The van der Waals surface area contributed by atoms with Gasteiger partial charge >= 0.3 is 0 Å². The number of halogens is 1. The van der Waals surface area contributed by atoms with Crippen LogP contribution in [0.5, 0.6) is 0 Å². The van der Waals surface area contributed by atoms with E-state index in [1.54, 1.807) is 18.2 Å². The van der Waals surface area contributed by atoms with Crippen LogP contribution in [0, 0.1) is 12.8 Å². The van der Waals surface area contributed by atoms with Crippen molar-refractivity contribution in [3.05, 3.63) is 28.2 Å². The van der Waals surface area contributed by atoms with Gasteiger partial charge in [-0.2, -0.15) is 0 Å². The highest BCUT2D eigenvalue weighted by atomic mass is 79.9. The third-order valence-corrected chi connectivity index (χ3v) is 6.35. The molecule has 0 aromatic heterocycles. The molecule has 1 aliphatic carbocycles. The quantitative estimate of drug-likeness (QED) is 0.898. The van der Waals surface area contributed by atoms with E-state index in [-0.39, 0.29) is 12.1 Å². The fourth-order valence-corrected chi connectivity index (χ4v) is 4.29. The first-order valence-corrected chi connectivity index (χ1v) is 9.15. The van der Waals surface area contributed by atoms with E-state index in [1.807, 2.05) is 6.92 Å². The van der Waals surface area contributed by atoms with Gasteiger partial charge in [-0.15, -0.1) is 0 Å². The molecular formula is C14H18BrNO3S. The lowest BCUT2D eigenvalue weighted by molar-refractivity contribution is 0.0848. The zero-order chi connectivity index (χ0) is 14.3. The molecule has 1 aliphatic heterocycles. The van der Waals surface area contributed by atoms with Gasteiger partial charge in [0, 0.05) is 11.1 Å². The Hall–Kier alpha value is -0.430. The van der Waals surface area contributed by atoms with Crippen LogP contribution >= 0.6 is 15.9 Å². The number of nitrogens with one attached hydrogen (secondary N) is 1. The van der Waals surface area contributed by atoms with Gasteiger partial charge in [0.15, 0.2) is 0 Å². The SMILES string of the molecule is Cc1cc(S(=O)(=O)NC2CCOC2C2CC2)ccc1Br. The summed E-state index contributed by atoms with van der Waals surface area (Å²) in [6.45, 7) is 2.53. The largest absolute Gasteiger partial charge is 0.376 e. The molecule has 0 spiro atoms. The fourth-order valence-electron chi connectivity index (χ4n) is 2.68. The van der Waals surface area contributed by atoms with Crippen molar-refractivity contribution >= 4 is 26.0 Å². The van der Waals surface area contributed by atoms with E-state index in [1.165, 1.54) is 0 Å². The van der Waals surface area contributed by atoms with E-state index >= 15 is 0 Å². The molecule has 0 amide bonds. The van der Waals surface area contributed by atoms with E-state index in [2.05, 4.69) is 20.7 Å². The Morgan fingerprint density at radius 1 is 1.30 bits per heavy atom. The minimum absolute atomic E-state index is 0.0568. The Kier molecular flexibility index (Phi) is 3.92. The molecule has 0 radical (unpaired) electrons. The second-order valence-electron chi connectivity index (χ2n) is 5.60. The number of rotatable bonds is 4. The summed E-state index contributed by atoms with van der Waals surface area (Å²) >= 11 is 3.39. The van der Waals surface area contributed by atoms with Crippen LogP contribution in [0.3, 0.4) is 0 Å². The van der Waals surface area contributed by atoms with Crippen molar-refractivity contribution in [1.82, 2.24) is 4.72 Å². The molecule has 20 heavy (non-hydrogen) atoms. The predicted octanol–water partition coefficient (Wildman–Crippen LogP) is 2.60. The lowest BCUT2D eigenvalue weighted by Gasteiger charge is -2.19. The van der Waals surface area contributed by atoms with Crippen molar-refractivity contribution in [3.63, 3.8) is 0 Å². The highest BCUT2D eigenvalue weighted by Crippen LogP contribution is 2.39. The molecule has 2 unspecified atom stereocenters. The van der Waals surface area contributed by atoms with Gasteiger partial charge in [0.2, 0.25) is 10.0 Å². The van der Waals surface area contributed by atoms with Crippen LogP contribution in [-0.2, 0) is 14.8 Å². The minimum atomic E-state index is -3.47. The zero-order valence-corrected chi connectivity index (χ0v) is 13.7. The standard InChI is InChI=1S/C14H18BrNO3S/c1-9-8-11(4-5-12(9)15)20(17,18)16-13-6-7-19-14(13)10-2-3-10/h4-5,8,10,13-14,16H,2-3,6-7H2,1H3. The van der Waals surface area contributed by atoms with Crippen molar-refractivity contribution in [2.24, 2.45) is 5.92 Å². The van der Waals surface area contributed by atoms with E-state index in [9.17, 15) is 8.42 Å². The number of hydrogen-bond acceptors (Lipinski definition) is 3. The average Bonchev–Trinajstić information content (AvgIpc) is 3.14. The minimum Gasteiger partial charge on any atom is -0.376 e. The van der Waals surface area contributed by atoms with Crippen LogP contribution in [0.1, 0.15) is 24.8 Å². The zero-order valence-electron chi connectivity index (χ0n) is 11.3. The summed E-state index contributed by atoms with van der Waals surface area (Å²) in [5.74, 6) is 0.539. The summed E-state index contributed by atoms with van der Waals surface area (Å²) in [4.78, 5) is 0.319. The second kappa shape index (κ2) is 5.40. The van der Waals surface area contributed by atoms with E-state index < -0.39 is 10.0 Å². The lowest BCUT2D eigenvalue weighted by atomic mass is 10.1. The van der Waals surface area contributed by atoms with Crippen LogP contribution in [0.25, 0.3) is 0 Å². The van der Waals surface area contributed by atoms with Gasteiger partial charge in [-0.1, -0.05) is 15.9 Å². The maximum Gasteiger partial charge on any atom is 0.240 e. The molecule has 1 saturated heterocycles. The lowest BCUT2D eigenvalue weighted by Crippen LogP contribution is -2.41. The summed E-state index contributed by atoms with van der Waals surface area (Å²) in [6.07, 6.45) is 3.12. The smallest absolute Gasteiger partial charge is 0.240 e. The Balaban J connectivity index is 1.79. The molecule has 4 nitrogen and oxygen atoms in total. The van der Waals surface area contributed by atoms with Gasteiger partial charge < -0.3 is 4.74 Å². The van der Waals surface area contributed by atoms with Crippen LogP contribution < -0.4 is 4.72 Å². The third kappa shape index (κ3) is 2.93. The molecule has 1 saturated carbocycles. The van der Waals surface area contributed by atoms with Crippen LogP contribution in [0.15, 0.2) is 27.6 Å². The number of aryl methyl sites for hydroxylation is 1. The second-order valence-corrected chi connectivity index (χ2v) is 8.17. The number of sulfonamides is 1. The predicted molar refractivity (Wildman–Crippen MR) is 80.1 cm³/mol. The maximum atomic E-state index is 12.5. The molecule has 3 rings (SSSR count). The van der Waals surface area contributed by atoms with Gasteiger partial charge in [-0.3, -0.25) is 0 Å². The average molecular weight is 360 g/mol. The van der Waals surface area contributed by atoms with Crippen molar-refractivity contribution in [3.8, 4) is 0 Å². The normalized spacial score (nSPS) is 26.9. The summed E-state index contributed by atoms with van der Waals surface area (Å²) in [7, 11) is -3.47. The molecule has 0 bridgehead atoms. The van der Waals surface area contributed by atoms with Gasteiger partial charge in [0.25, 0.3) is 0 Å². The Morgan fingerprint density at radius 2 is 2.05 bits per heavy atom. The van der Waals surface area contributed by atoms with Crippen molar-refractivity contribution in [1.29, 1.82) is 0 Å². The third-order valence-electron chi connectivity index (χ3n) is 3.97. The fraction of sp³-hybridized carbons (Fsp3) is 0.571. The molecule has 110 valence electrons. The van der Waals surface area contributed by atoms with Gasteiger partial charge in [0.1, 0.15) is 0 Å². The van der Waals surface area contributed by atoms with E-state index in [0.717, 1.165) is 29.3 Å². The summed E-state index contributed by atoms with van der Waals surface area (Å²) in [5.41, 5.74) is 0.911.